The lowest BCUT2D eigenvalue weighted by molar-refractivity contribution is -0.385. The number of nitro benzene ring substituents is 1. The highest BCUT2D eigenvalue weighted by atomic mass is 79.9. The van der Waals surface area contributed by atoms with E-state index in [4.69, 9.17) is 4.74 Å². The van der Waals surface area contributed by atoms with E-state index >= 15 is 0 Å². The summed E-state index contributed by atoms with van der Waals surface area (Å²) in [6.45, 7) is 1.73. The van der Waals surface area contributed by atoms with Crippen LogP contribution in [0.15, 0.2) is 16.6 Å². The summed E-state index contributed by atoms with van der Waals surface area (Å²) in [6.07, 6.45) is 6.07. The SMILES string of the molecule is Cc1cc(OC2CCCCC2)c(Br)cc1[N+](=O)[O-]. The van der Waals surface area contributed by atoms with Crippen LogP contribution in [-0.4, -0.2) is 11.0 Å². The second kappa shape index (κ2) is 5.69. The van der Waals surface area contributed by atoms with E-state index in [9.17, 15) is 10.1 Å². The van der Waals surface area contributed by atoms with Crippen LogP contribution < -0.4 is 4.74 Å². The van der Waals surface area contributed by atoms with E-state index in [0.29, 0.717) is 15.8 Å². The van der Waals surface area contributed by atoms with Crippen molar-refractivity contribution >= 4 is 21.6 Å². The van der Waals surface area contributed by atoms with Crippen LogP contribution in [0.3, 0.4) is 0 Å². The molecule has 1 fully saturated rings. The highest BCUT2D eigenvalue weighted by Crippen LogP contribution is 2.34. The number of nitro groups is 1. The molecule has 2 rings (SSSR count). The van der Waals surface area contributed by atoms with Gasteiger partial charge in [-0.25, -0.2) is 0 Å². The van der Waals surface area contributed by atoms with E-state index in [1.807, 2.05) is 0 Å². The molecule has 0 amide bonds. The summed E-state index contributed by atoms with van der Waals surface area (Å²) >= 11 is 3.35. The van der Waals surface area contributed by atoms with Crippen molar-refractivity contribution in [2.24, 2.45) is 0 Å². The van der Waals surface area contributed by atoms with Gasteiger partial charge in [-0.3, -0.25) is 10.1 Å². The predicted octanol–water partition coefficient (Wildman–Crippen LogP) is 4.38. The first-order valence-electron chi connectivity index (χ1n) is 6.19. The van der Waals surface area contributed by atoms with Crippen molar-refractivity contribution in [3.05, 3.63) is 32.3 Å². The number of hydrogen-bond donors (Lipinski definition) is 0. The number of rotatable bonds is 3. The number of benzene rings is 1. The van der Waals surface area contributed by atoms with Gasteiger partial charge in [0.1, 0.15) is 5.75 Å². The van der Waals surface area contributed by atoms with Gasteiger partial charge in [-0.1, -0.05) is 6.42 Å². The fraction of sp³-hybridized carbons (Fsp3) is 0.538. The van der Waals surface area contributed by atoms with Crippen molar-refractivity contribution in [1.82, 2.24) is 0 Å². The summed E-state index contributed by atoms with van der Waals surface area (Å²) < 4.78 is 6.59. The van der Waals surface area contributed by atoms with Gasteiger partial charge in [-0.05, 0) is 54.6 Å². The van der Waals surface area contributed by atoms with E-state index < -0.39 is 0 Å². The monoisotopic (exact) mass is 313 g/mol. The van der Waals surface area contributed by atoms with Crippen molar-refractivity contribution in [3.63, 3.8) is 0 Å². The van der Waals surface area contributed by atoms with Crippen molar-refractivity contribution in [2.45, 2.75) is 45.1 Å². The number of aryl methyl sites for hydroxylation is 1. The molecule has 0 unspecified atom stereocenters. The molecule has 0 N–H and O–H groups in total. The zero-order chi connectivity index (χ0) is 13.1. The summed E-state index contributed by atoms with van der Waals surface area (Å²) in [6, 6.07) is 3.27. The summed E-state index contributed by atoms with van der Waals surface area (Å²) in [5.74, 6) is 0.713. The minimum atomic E-state index is -0.371. The Hall–Kier alpha value is -1.10. The third-order valence-electron chi connectivity index (χ3n) is 3.29. The van der Waals surface area contributed by atoms with Gasteiger partial charge in [0.2, 0.25) is 0 Å². The van der Waals surface area contributed by atoms with Crippen LogP contribution in [0.5, 0.6) is 5.75 Å². The molecule has 1 aliphatic carbocycles. The molecule has 1 saturated carbocycles. The smallest absolute Gasteiger partial charge is 0.273 e. The van der Waals surface area contributed by atoms with Gasteiger partial charge in [0.15, 0.2) is 0 Å². The molecule has 1 aromatic rings. The first kappa shape index (κ1) is 13.3. The van der Waals surface area contributed by atoms with Gasteiger partial charge in [-0.2, -0.15) is 0 Å². The largest absolute Gasteiger partial charge is 0.489 e. The summed E-state index contributed by atoms with van der Waals surface area (Å²) in [4.78, 5) is 10.4. The zero-order valence-electron chi connectivity index (χ0n) is 10.3. The Balaban J connectivity index is 2.18. The molecule has 0 saturated heterocycles. The van der Waals surface area contributed by atoms with Crippen LogP contribution in [-0.2, 0) is 0 Å². The zero-order valence-corrected chi connectivity index (χ0v) is 11.9. The summed E-state index contributed by atoms with van der Waals surface area (Å²) in [5.41, 5.74) is 0.756. The first-order chi connectivity index (χ1) is 8.58. The number of halogens is 1. The fourth-order valence-corrected chi connectivity index (χ4v) is 2.72. The Morgan fingerprint density at radius 3 is 2.61 bits per heavy atom. The Morgan fingerprint density at radius 2 is 2.00 bits per heavy atom. The molecule has 0 aliphatic heterocycles. The quantitative estimate of drug-likeness (QED) is 0.614. The van der Waals surface area contributed by atoms with Crippen LogP contribution in [0.2, 0.25) is 0 Å². The Kier molecular flexibility index (Phi) is 4.22. The highest BCUT2D eigenvalue weighted by Gasteiger charge is 2.19. The maximum atomic E-state index is 10.8. The molecule has 0 bridgehead atoms. The summed E-state index contributed by atoms with van der Waals surface area (Å²) in [7, 11) is 0. The van der Waals surface area contributed by atoms with Gasteiger partial charge >= 0.3 is 0 Å². The lowest BCUT2D eigenvalue weighted by Gasteiger charge is -2.23. The molecule has 5 heteroatoms. The molecule has 98 valence electrons. The highest BCUT2D eigenvalue weighted by molar-refractivity contribution is 9.10. The first-order valence-corrected chi connectivity index (χ1v) is 6.98. The van der Waals surface area contributed by atoms with Crippen LogP contribution in [0, 0.1) is 17.0 Å². The van der Waals surface area contributed by atoms with Crippen LogP contribution in [0.25, 0.3) is 0 Å². The third-order valence-corrected chi connectivity index (χ3v) is 3.91. The molecule has 1 aliphatic rings. The second-order valence-electron chi connectivity index (χ2n) is 4.70. The normalized spacial score (nSPS) is 16.6. The second-order valence-corrected chi connectivity index (χ2v) is 5.56. The molecule has 4 nitrogen and oxygen atoms in total. The van der Waals surface area contributed by atoms with Gasteiger partial charge in [0.25, 0.3) is 5.69 Å². The average Bonchev–Trinajstić information content (AvgIpc) is 2.34. The van der Waals surface area contributed by atoms with E-state index in [1.165, 1.54) is 25.3 Å². The van der Waals surface area contributed by atoms with Crippen LogP contribution in [0.1, 0.15) is 37.7 Å². The number of nitrogens with zero attached hydrogens (tertiary/aromatic N) is 1. The van der Waals surface area contributed by atoms with Crippen LogP contribution >= 0.6 is 15.9 Å². The van der Waals surface area contributed by atoms with Crippen molar-refractivity contribution in [2.75, 3.05) is 0 Å². The minimum absolute atomic E-state index is 0.123. The molecule has 1 aromatic carbocycles. The van der Waals surface area contributed by atoms with Gasteiger partial charge in [0, 0.05) is 11.6 Å². The topological polar surface area (TPSA) is 52.4 Å². The Labute approximate surface area is 115 Å². The molecule has 18 heavy (non-hydrogen) atoms. The van der Waals surface area contributed by atoms with E-state index in [-0.39, 0.29) is 16.7 Å². The van der Waals surface area contributed by atoms with E-state index in [1.54, 1.807) is 13.0 Å². The van der Waals surface area contributed by atoms with Gasteiger partial charge < -0.3 is 4.74 Å². The molecule has 0 heterocycles. The molecule has 0 aromatic heterocycles. The number of ether oxygens (including phenoxy) is 1. The summed E-state index contributed by atoms with van der Waals surface area (Å²) in [5, 5.41) is 10.8. The molecular formula is C13H16BrNO3. The van der Waals surface area contributed by atoms with Crippen LogP contribution in [0.4, 0.5) is 5.69 Å². The minimum Gasteiger partial charge on any atom is -0.489 e. The fourth-order valence-electron chi connectivity index (χ4n) is 2.29. The van der Waals surface area contributed by atoms with E-state index in [0.717, 1.165) is 12.8 Å². The van der Waals surface area contributed by atoms with Gasteiger partial charge in [0.05, 0.1) is 15.5 Å². The van der Waals surface area contributed by atoms with Crippen molar-refractivity contribution in [1.29, 1.82) is 0 Å². The van der Waals surface area contributed by atoms with Crippen molar-refractivity contribution in [3.8, 4) is 5.75 Å². The Morgan fingerprint density at radius 1 is 1.33 bits per heavy atom. The molecule has 0 atom stereocenters. The lowest BCUT2D eigenvalue weighted by Crippen LogP contribution is -2.19. The third kappa shape index (κ3) is 3.02. The molecule has 0 radical (unpaired) electrons. The standard InChI is InChI=1S/C13H16BrNO3/c1-9-7-13(11(14)8-12(9)15(16)17)18-10-5-3-2-4-6-10/h7-8,10H,2-6H2,1H3. The van der Waals surface area contributed by atoms with Crippen molar-refractivity contribution < 1.29 is 9.66 Å². The lowest BCUT2D eigenvalue weighted by atomic mass is 9.98. The maximum Gasteiger partial charge on any atom is 0.273 e. The molecular weight excluding hydrogens is 298 g/mol. The molecule has 0 spiro atoms. The van der Waals surface area contributed by atoms with Gasteiger partial charge in [-0.15, -0.1) is 0 Å². The van der Waals surface area contributed by atoms with E-state index in [2.05, 4.69) is 15.9 Å². The predicted molar refractivity (Wildman–Crippen MR) is 73.0 cm³/mol. The maximum absolute atomic E-state index is 10.8. The average molecular weight is 314 g/mol. The Bertz CT molecular complexity index is 456. The number of hydrogen-bond acceptors (Lipinski definition) is 3.